The summed E-state index contributed by atoms with van der Waals surface area (Å²) in [5.41, 5.74) is 2.87. The molecule has 33 heavy (non-hydrogen) atoms. The van der Waals surface area contributed by atoms with E-state index in [1.807, 2.05) is 0 Å². The fourth-order valence-electron chi connectivity index (χ4n) is 9.30. The Balaban J connectivity index is 1.40. The third kappa shape index (κ3) is 5.13. The Kier molecular flexibility index (Phi) is 8.37. The van der Waals surface area contributed by atoms with Crippen LogP contribution >= 0.6 is 0 Å². The van der Waals surface area contributed by atoms with Crippen molar-refractivity contribution < 1.29 is 9.47 Å². The minimum atomic E-state index is 0.467. The minimum absolute atomic E-state index is 0.467. The second-order valence-electron chi connectivity index (χ2n) is 13.5. The first-order valence-corrected chi connectivity index (χ1v) is 14.6. The third-order valence-corrected chi connectivity index (χ3v) is 11.2. The van der Waals surface area contributed by atoms with Crippen LogP contribution in [0.1, 0.15) is 105 Å². The van der Waals surface area contributed by atoms with Crippen molar-refractivity contribution in [1.29, 1.82) is 0 Å². The molecule has 0 aromatic carbocycles. The second kappa shape index (κ2) is 10.7. The van der Waals surface area contributed by atoms with Crippen molar-refractivity contribution in [1.82, 2.24) is 0 Å². The summed E-state index contributed by atoms with van der Waals surface area (Å²) in [4.78, 5) is 0. The molecule has 0 radical (unpaired) electrons. The first kappa shape index (κ1) is 25.7. The predicted octanol–water partition coefficient (Wildman–Crippen LogP) is 8.31. The van der Waals surface area contributed by atoms with Crippen molar-refractivity contribution in [3.63, 3.8) is 0 Å². The van der Waals surface area contributed by atoms with Gasteiger partial charge in [0.2, 0.25) is 0 Å². The first-order valence-electron chi connectivity index (χ1n) is 14.6. The van der Waals surface area contributed by atoms with Crippen LogP contribution in [0.5, 0.6) is 0 Å². The lowest BCUT2D eigenvalue weighted by Gasteiger charge is -2.58. The molecule has 0 aromatic heterocycles. The Morgan fingerprint density at radius 2 is 1.79 bits per heavy atom. The summed E-state index contributed by atoms with van der Waals surface area (Å²) in [6.45, 7) is 15.1. The second-order valence-corrected chi connectivity index (χ2v) is 13.5. The molecule has 3 saturated carbocycles. The van der Waals surface area contributed by atoms with Gasteiger partial charge in [0, 0.05) is 13.7 Å². The fraction of sp³-hybridized carbons (Fsp3) is 0.935. The van der Waals surface area contributed by atoms with Gasteiger partial charge in [0.1, 0.15) is 0 Å². The standard InChI is InChI=1S/C31H54O2/c1-22(2)8-7-9-23(3)27-12-13-28-26-11-10-25-20-24(21-33-19-18-32-6)14-16-30(25,4)29(26)15-17-31(27,28)5/h10,22-24,26-29H,7-9,11-21H2,1-6H3/t23-,24?,26+,27-,28+,29+,30+,31-/m1/s1. The molecule has 0 bridgehead atoms. The van der Waals surface area contributed by atoms with Crippen LogP contribution in [0.3, 0.4) is 0 Å². The summed E-state index contributed by atoms with van der Waals surface area (Å²) in [7, 11) is 1.76. The number of ether oxygens (including phenoxy) is 2. The molecule has 4 aliphatic carbocycles. The van der Waals surface area contributed by atoms with Gasteiger partial charge in [0.15, 0.2) is 0 Å². The van der Waals surface area contributed by atoms with Crippen LogP contribution in [0.25, 0.3) is 0 Å². The molecule has 0 aliphatic heterocycles. The van der Waals surface area contributed by atoms with Crippen molar-refractivity contribution in [3.05, 3.63) is 11.6 Å². The van der Waals surface area contributed by atoms with E-state index < -0.39 is 0 Å². The summed E-state index contributed by atoms with van der Waals surface area (Å²) < 4.78 is 11.1. The number of fused-ring (bicyclic) bond motifs is 5. The van der Waals surface area contributed by atoms with Gasteiger partial charge >= 0.3 is 0 Å². The molecule has 2 heteroatoms. The third-order valence-electron chi connectivity index (χ3n) is 11.2. The molecule has 4 aliphatic rings. The van der Waals surface area contributed by atoms with Crippen LogP contribution in [0.2, 0.25) is 0 Å². The van der Waals surface area contributed by atoms with E-state index in [0.717, 1.165) is 48.7 Å². The molecule has 1 unspecified atom stereocenters. The highest BCUT2D eigenvalue weighted by atomic mass is 16.5. The average molecular weight is 459 g/mol. The fourth-order valence-corrected chi connectivity index (χ4v) is 9.30. The first-order chi connectivity index (χ1) is 15.8. The molecule has 0 saturated heterocycles. The van der Waals surface area contributed by atoms with E-state index in [1.165, 1.54) is 70.6 Å². The van der Waals surface area contributed by atoms with Gasteiger partial charge in [-0.05, 0) is 104 Å². The van der Waals surface area contributed by atoms with E-state index >= 15 is 0 Å². The number of allylic oxidation sites excluding steroid dienone is 2. The maximum absolute atomic E-state index is 5.93. The Morgan fingerprint density at radius 1 is 0.970 bits per heavy atom. The largest absolute Gasteiger partial charge is 0.382 e. The Hall–Kier alpha value is -0.340. The molecule has 2 nitrogen and oxygen atoms in total. The van der Waals surface area contributed by atoms with E-state index in [-0.39, 0.29) is 0 Å². The van der Waals surface area contributed by atoms with Gasteiger partial charge in [-0.25, -0.2) is 0 Å². The molecular formula is C31H54O2. The number of hydrogen-bond donors (Lipinski definition) is 0. The van der Waals surface area contributed by atoms with Gasteiger partial charge in [0.05, 0.1) is 13.2 Å². The van der Waals surface area contributed by atoms with Gasteiger partial charge in [-0.3, -0.25) is 0 Å². The highest BCUT2D eigenvalue weighted by Crippen LogP contribution is 2.67. The monoisotopic (exact) mass is 458 g/mol. The smallest absolute Gasteiger partial charge is 0.0700 e. The summed E-state index contributed by atoms with van der Waals surface area (Å²) in [6, 6.07) is 0. The van der Waals surface area contributed by atoms with Gasteiger partial charge < -0.3 is 9.47 Å². The average Bonchev–Trinajstić information content (AvgIpc) is 3.14. The lowest BCUT2D eigenvalue weighted by atomic mass is 9.46. The van der Waals surface area contributed by atoms with Crippen molar-refractivity contribution in [2.24, 2.45) is 52.3 Å². The van der Waals surface area contributed by atoms with Crippen LogP contribution in [0.4, 0.5) is 0 Å². The number of methoxy groups -OCH3 is 1. The predicted molar refractivity (Wildman–Crippen MR) is 139 cm³/mol. The lowest BCUT2D eigenvalue weighted by molar-refractivity contribution is -0.0558. The summed E-state index contributed by atoms with van der Waals surface area (Å²) in [5, 5.41) is 0. The molecule has 0 amide bonds. The van der Waals surface area contributed by atoms with Crippen molar-refractivity contribution in [2.75, 3.05) is 26.9 Å². The molecule has 0 heterocycles. The van der Waals surface area contributed by atoms with Gasteiger partial charge in [-0.2, -0.15) is 0 Å². The SMILES string of the molecule is COCCOCC1CC[C@@]2(C)C(=CC[C@H]3[C@@H]4CC[C@H]([C@H](C)CCCC(C)C)[C@@]4(C)CC[C@@H]32)C1. The molecule has 0 spiro atoms. The van der Waals surface area contributed by atoms with Crippen LogP contribution in [0, 0.1) is 52.3 Å². The van der Waals surface area contributed by atoms with Crippen LogP contribution < -0.4 is 0 Å². The van der Waals surface area contributed by atoms with Crippen LogP contribution in [0.15, 0.2) is 11.6 Å². The molecule has 4 rings (SSSR count). The molecule has 0 N–H and O–H groups in total. The van der Waals surface area contributed by atoms with E-state index in [4.69, 9.17) is 9.47 Å². The Bertz CT molecular complexity index is 668. The van der Waals surface area contributed by atoms with E-state index in [9.17, 15) is 0 Å². The number of hydrogen-bond acceptors (Lipinski definition) is 2. The Morgan fingerprint density at radius 3 is 2.55 bits per heavy atom. The van der Waals surface area contributed by atoms with Crippen LogP contribution in [-0.4, -0.2) is 26.9 Å². The summed E-state index contributed by atoms with van der Waals surface area (Å²) >= 11 is 0. The van der Waals surface area contributed by atoms with E-state index in [1.54, 1.807) is 12.7 Å². The zero-order valence-electron chi connectivity index (χ0n) is 22.8. The lowest BCUT2D eigenvalue weighted by Crippen LogP contribution is -2.50. The molecular weight excluding hydrogens is 404 g/mol. The van der Waals surface area contributed by atoms with Crippen molar-refractivity contribution >= 4 is 0 Å². The van der Waals surface area contributed by atoms with Gasteiger partial charge in [-0.15, -0.1) is 0 Å². The minimum Gasteiger partial charge on any atom is -0.382 e. The quantitative estimate of drug-likeness (QED) is 0.242. The highest BCUT2D eigenvalue weighted by Gasteiger charge is 2.59. The van der Waals surface area contributed by atoms with Gasteiger partial charge in [-0.1, -0.05) is 65.5 Å². The summed E-state index contributed by atoms with van der Waals surface area (Å²) in [6.07, 6.45) is 18.4. The molecule has 8 atom stereocenters. The van der Waals surface area contributed by atoms with E-state index in [2.05, 4.69) is 40.7 Å². The number of rotatable bonds is 10. The molecule has 190 valence electrons. The maximum Gasteiger partial charge on any atom is 0.0700 e. The zero-order valence-corrected chi connectivity index (χ0v) is 22.8. The summed E-state index contributed by atoms with van der Waals surface area (Å²) in [5.74, 6) is 6.30. The molecule has 0 aromatic rings. The molecule has 3 fully saturated rings. The highest BCUT2D eigenvalue weighted by molar-refractivity contribution is 5.25. The van der Waals surface area contributed by atoms with Crippen LogP contribution in [-0.2, 0) is 9.47 Å². The van der Waals surface area contributed by atoms with Crippen molar-refractivity contribution in [3.8, 4) is 0 Å². The maximum atomic E-state index is 5.93. The zero-order chi connectivity index (χ0) is 23.6. The van der Waals surface area contributed by atoms with Gasteiger partial charge in [0.25, 0.3) is 0 Å². The normalized spacial score (nSPS) is 41.3. The Labute approximate surface area is 205 Å². The topological polar surface area (TPSA) is 18.5 Å². The van der Waals surface area contributed by atoms with E-state index in [0.29, 0.717) is 23.4 Å². The van der Waals surface area contributed by atoms with Crippen molar-refractivity contribution in [2.45, 2.75) is 105 Å².